The molecule has 1 unspecified atom stereocenters. The Kier molecular flexibility index (Phi) is 8.60. The lowest BCUT2D eigenvalue weighted by molar-refractivity contribution is 0.111. The van der Waals surface area contributed by atoms with Crippen molar-refractivity contribution in [2.75, 3.05) is 33.0 Å². The van der Waals surface area contributed by atoms with Crippen LogP contribution in [0.3, 0.4) is 0 Å². The minimum atomic E-state index is -3.18. The van der Waals surface area contributed by atoms with E-state index < -0.39 is 9.84 Å². The largest absolute Gasteiger partial charge is 0.375 e. The lowest BCUT2D eigenvalue weighted by Gasteiger charge is -2.16. The third-order valence-electron chi connectivity index (χ3n) is 4.34. The Morgan fingerprint density at radius 1 is 1.10 bits per heavy atom. The minimum Gasteiger partial charge on any atom is -0.375 e. The van der Waals surface area contributed by atoms with Gasteiger partial charge < -0.3 is 15.4 Å². The molecule has 0 aromatic heterocycles. The topological polar surface area (TPSA) is 79.8 Å². The van der Waals surface area contributed by atoms with Crippen LogP contribution in [0.2, 0.25) is 0 Å². The average Bonchev–Trinajstić information content (AvgIpc) is 2.69. The molecule has 0 spiro atoms. The zero-order valence-electron chi connectivity index (χ0n) is 17.0. The van der Waals surface area contributed by atoms with Crippen LogP contribution in [0.25, 0.3) is 0 Å². The van der Waals surface area contributed by atoms with Gasteiger partial charge >= 0.3 is 0 Å². The average molecular weight is 422 g/mol. The molecule has 0 saturated carbocycles. The van der Waals surface area contributed by atoms with E-state index in [2.05, 4.69) is 15.6 Å². The van der Waals surface area contributed by atoms with Crippen LogP contribution < -0.4 is 10.6 Å². The van der Waals surface area contributed by atoms with Gasteiger partial charge in [0.2, 0.25) is 0 Å². The second-order valence-electron chi connectivity index (χ2n) is 6.59. The molecule has 0 aliphatic carbocycles. The monoisotopic (exact) mass is 421 g/mol. The molecule has 0 amide bonds. The van der Waals surface area contributed by atoms with Crippen LogP contribution in [0.5, 0.6) is 0 Å². The predicted octanol–water partition coefficient (Wildman–Crippen LogP) is 2.71. The Morgan fingerprint density at radius 2 is 1.76 bits per heavy atom. The minimum absolute atomic E-state index is 0.269. The summed E-state index contributed by atoms with van der Waals surface area (Å²) in [7, 11) is -1.58. The van der Waals surface area contributed by atoms with E-state index in [1.165, 1.54) is 18.4 Å². The number of benzene rings is 2. The summed E-state index contributed by atoms with van der Waals surface area (Å²) >= 11 is 0. The first-order valence-electron chi connectivity index (χ1n) is 9.43. The van der Waals surface area contributed by atoms with Gasteiger partial charge in [0.25, 0.3) is 0 Å². The molecule has 8 heteroatoms. The van der Waals surface area contributed by atoms with E-state index in [9.17, 15) is 12.8 Å². The highest BCUT2D eigenvalue weighted by atomic mass is 32.2. The van der Waals surface area contributed by atoms with Crippen LogP contribution >= 0.6 is 0 Å². The molecular weight excluding hydrogens is 393 g/mol. The number of rotatable bonds is 9. The highest BCUT2D eigenvalue weighted by Crippen LogP contribution is 2.17. The summed E-state index contributed by atoms with van der Waals surface area (Å²) in [6, 6.07) is 13.1. The maximum absolute atomic E-state index is 13.1. The molecule has 2 rings (SSSR count). The Morgan fingerprint density at radius 3 is 2.31 bits per heavy atom. The number of halogens is 1. The summed E-state index contributed by atoms with van der Waals surface area (Å²) in [5.74, 6) is 0.371. The Balaban J connectivity index is 1.93. The molecule has 0 heterocycles. The number of nitrogens with zero attached hydrogens (tertiary/aromatic N) is 1. The van der Waals surface area contributed by atoms with Gasteiger partial charge in [0.15, 0.2) is 15.8 Å². The number of hydrogen-bond donors (Lipinski definition) is 2. The van der Waals surface area contributed by atoms with Crippen LogP contribution in [0.1, 0.15) is 24.2 Å². The maximum Gasteiger partial charge on any atom is 0.191 e. The van der Waals surface area contributed by atoms with Crippen molar-refractivity contribution in [3.05, 3.63) is 65.5 Å². The normalized spacial score (nSPS) is 13.2. The number of guanidine groups is 1. The number of hydrogen-bond acceptors (Lipinski definition) is 4. The summed E-state index contributed by atoms with van der Waals surface area (Å²) in [5.41, 5.74) is 1.89. The van der Waals surface area contributed by atoms with Gasteiger partial charge in [0, 0.05) is 26.5 Å². The van der Waals surface area contributed by atoms with Crippen molar-refractivity contribution in [1.29, 1.82) is 0 Å². The second-order valence-corrected chi connectivity index (χ2v) is 8.60. The van der Waals surface area contributed by atoms with Gasteiger partial charge in [-0.1, -0.05) is 24.3 Å². The van der Waals surface area contributed by atoms with E-state index in [1.54, 1.807) is 31.4 Å². The fraction of sp³-hybridized carbons (Fsp3) is 0.381. The predicted molar refractivity (Wildman–Crippen MR) is 113 cm³/mol. The number of nitrogens with one attached hydrogen (secondary N) is 2. The van der Waals surface area contributed by atoms with E-state index in [0.29, 0.717) is 30.5 Å². The van der Waals surface area contributed by atoms with Crippen LogP contribution in [0.15, 0.2) is 58.4 Å². The lowest BCUT2D eigenvalue weighted by Crippen LogP contribution is -2.38. The summed E-state index contributed by atoms with van der Waals surface area (Å²) in [4.78, 5) is 4.87. The quantitative estimate of drug-likeness (QED) is 0.481. The van der Waals surface area contributed by atoms with Gasteiger partial charge in [-0.2, -0.15) is 0 Å². The molecular formula is C21H28FN3O3S. The van der Waals surface area contributed by atoms with Crippen molar-refractivity contribution in [3.8, 4) is 0 Å². The highest BCUT2D eigenvalue weighted by molar-refractivity contribution is 7.90. The molecule has 29 heavy (non-hydrogen) atoms. The summed E-state index contributed by atoms with van der Waals surface area (Å²) < 4.78 is 41.6. The first-order valence-corrected chi connectivity index (χ1v) is 11.3. The molecule has 0 bridgehead atoms. The van der Waals surface area contributed by atoms with E-state index in [1.807, 2.05) is 19.1 Å². The smallest absolute Gasteiger partial charge is 0.191 e. The van der Waals surface area contributed by atoms with Crippen LogP contribution in [0.4, 0.5) is 4.39 Å². The van der Waals surface area contributed by atoms with E-state index in [0.717, 1.165) is 17.5 Å². The molecule has 2 aromatic carbocycles. The van der Waals surface area contributed by atoms with Gasteiger partial charge in [-0.15, -0.1) is 0 Å². The Bertz CT molecular complexity index is 898. The Hall–Kier alpha value is -2.45. The first-order chi connectivity index (χ1) is 13.8. The third-order valence-corrected chi connectivity index (χ3v) is 5.47. The van der Waals surface area contributed by atoms with Crippen LogP contribution in [-0.4, -0.2) is 47.4 Å². The van der Waals surface area contributed by atoms with Crippen molar-refractivity contribution in [1.82, 2.24) is 10.6 Å². The second kappa shape index (κ2) is 10.9. The van der Waals surface area contributed by atoms with Crippen molar-refractivity contribution in [2.24, 2.45) is 4.99 Å². The molecule has 0 saturated heterocycles. The van der Waals surface area contributed by atoms with E-state index in [-0.39, 0.29) is 11.9 Å². The van der Waals surface area contributed by atoms with E-state index in [4.69, 9.17) is 4.74 Å². The van der Waals surface area contributed by atoms with Crippen molar-refractivity contribution < 1.29 is 17.5 Å². The molecule has 6 nitrogen and oxygen atoms in total. The number of methoxy groups -OCH3 is 1. The summed E-state index contributed by atoms with van der Waals surface area (Å²) in [5, 5.41) is 6.44. The molecule has 0 aliphatic rings. The van der Waals surface area contributed by atoms with Crippen molar-refractivity contribution in [2.45, 2.75) is 24.3 Å². The van der Waals surface area contributed by atoms with Crippen molar-refractivity contribution >= 4 is 15.8 Å². The van der Waals surface area contributed by atoms with Gasteiger partial charge in [-0.05, 0) is 48.7 Å². The standard InChI is InChI=1S/C21H28FN3O3S/c1-4-23-21(25-15-20(28-2)17-7-9-18(22)10-8-17)24-14-13-16-5-11-19(12-6-16)29(3,26)27/h5-12,20H,4,13-15H2,1-3H3,(H2,23,24,25). The number of aliphatic imine (C=N–C) groups is 1. The lowest BCUT2D eigenvalue weighted by atomic mass is 10.1. The third kappa shape index (κ3) is 7.47. The molecule has 0 radical (unpaired) electrons. The van der Waals surface area contributed by atoms with Gasteiger partial charge in [-0.3, -0.25) is 4.99 Å². The molecule has 158 valence electrons. The molecule has 0 fully saturated rings. The number of sulfone groups is 1. The van der Waals surface area contributed by atoms with Gasteiger partial charge in [0.1, 0.15) is 11.9 Å². The molecule has 1 atom stereocenters. The van der Waals surface area contributed by atoms with Crippen molar-refractivity contribution in [3.63, 3.8) is 0 Å². The SMILES string of the molecule is CCNC(=NCC(OC)c1ccc(F)cc1)NCCc1ccc(S(C)(=O)=O)cc1. The fourth-order valence-corrected chi connectivity index (χ4v) is 3.37. The van der Waals surface area contributed by atoms with Crippen LogP contribution in [-0.2, 0) is 21.0 Å². The van der Waals surface area contributed by atoms with E-state index >= 15 is 0 Å². The summed E-state index contributed by atoms with van der Waals surface area (Å²) in [6.07, 6.45) is 1.65. The van der Waals surface area contributed by atoms with Gasteiger partial charge in [-0.25, -0.2) is 12.8 Å². The molecule has 2 N–H and O–H groups in total. The molecule has 0 aliphatic heterocycles. The zero-order chi connectivity index (χ0) is 21.3. The number of ether oxygens (including phenoxy) is 1. The molecule has 2 aromatic rings. The Labute approximate surface area is 172 Å². The van der Waals surface area contributed by atoms with Gasteiger partial charge in [0.05, 0.1) is 11.4 Å². The zero-order valence-corrected chi connectivity index (χ0v) is 17.8. The highest BCUT2D eigenvalue weighted by Gasteiger charge is 2.11. The first kappa shape index (κ1) is 22.8. The fourth-order valence-electron chi connectivity index (χ4n) is 2.74. The summed E-state index contributed by atoms with van der Waals surface area (Å²) in [6.45, 7) is 3.72. The van der Waals surface area contributed by atoms with Crippen LogP contribution in [0, 0.1) is 5.82 Å². The maximum atomic E-state index is 13.1.